The van der Waals surface area contributed by atoms with E-state index in [1.165, 1.54) is 0 Å². The summed E-state index contributed by atoms with van der Waals surface area (Å²) >= 11 is 0. The molecule has 0 radical (unpaired) electrons. The number of nitrogens with zero attached hydrogens (tertiary/aromatic N) is 1. The SMILES string of the molecule is COc1ccccc1C(=O)N1CCC(CO)CC1. The first-order valence-corrected chi connectivity index (χ1v) is 6.29. The standard InChI is InChI=1S/C14H19NO3/c1-18-13-5-3-2-4-12(13)14(17)15-8-6-11(10-16)7-9-15/h2-5,11,16H,6-10H2,1H3. The van der Waals surface area contributed by atoms with Crippen molar-refractivity contribution >= 4 is 5.91 Å². The van der Waals surface area contributed by atoms with E-state index in [0.717, 1.165) is 12.8 Å². The summed E-state index contributed by atoms with van der Waals surface area (Å²) in [6, 6.07) is 7.29. The van der Waals surface area contributed by atoms with E-state index in [9.17, 15) is 4.79 Å². The molecule has 1 fully saturated rings. The molecule has 18 heavy (non-hydrogen) atoms. The van der Waals surface area contributed by atoms with E-state index < -0.39 is 0 Å². The van der Waals surface area contributed by atoms with Crippen LogP contribution in [0.2, 0.25) is 0 Å². The second-order valence-electron chi connectivity index (χ2n) is 4.62. The topological polar surface area (TPSA) is 49.8 Å². The van der Waals surface area contributed by atoms with Gasteiger partial charge in [-0.25, -0.2) is 0 Å². The molecule has 1 aliphatic rings. The molecule has 1 aromatic rings. The Labute approximate surface area is 107 Å². The lowest BCUT2D eigenvalue weighted by Gasteiger charge is -2.31. The summed E-state index contributed by atoms with van der Waals surface area (Å²) in [5.74, 6) is 0.974. The highest BCUT2D eigenvalue weighted by molar-refractivity contribution is 5.97. The number of likely N-dealkylation sites (tertiary alicyclic amines) is 1. The summed E-state index contributed by atoms with van der Waals surface area (Å²) in [6.45, 7) is 1.64. The second-order valence-corrected chi connectivity index (χ2v) is 4.62. The monoisotopic (exact) mass is 249 g/mol. The molecule has 1 N–H and O–H groups in total. The first-order chi connectivity index (χ1) is 8.76. The summed E-state index contributed by atoms with van der Waals surface area (Å²) in [6.07, 6.45) is 1.74. The van der Waals surface area contributed by atoms with Crippen molar-refractivity contribution in [1.29, 1.82) is 0 Å². The van der Waals surface area contributed by atoms with Gasteiger partial charge in [-0.05, 0) is 30.9 Å². The molecule has 2 rings (SSSR count). The van der Waals surface area contributed by atoms with Gasteiger partial charge in [0.25, 0.3) is 5.91 Å². The van der Waals surface area contributed by atoms with Crippen molar-refractivity contribution in [2.75, 3.05) is 26.8 Å². The molecule has 1 saturated heterocycles. The Hall–Kier alpha value is -1.55. The van der Waals surface area contributed by atoms with Crippen LogP contribution in [-0.2, 0) is 0 Å². The molecular formula is C14H19NO3. The Kier molecular flexibility index (Phi) is 4.20. The van der Waals surface area contributed by atoms with Crippen LogP contribution in [0.25, 0.3) is 0 Å². The van der Waals surface area contributed by atoms with Crippen LogP contribution in [0.1, 0.15) is 23.2 Å². The van der Waals surface area contributed by atoms with Crippen LogP contribution in [0.4, 0.5) is 0 Å². The maximum Gasteiger partial charge on any atom is 0.257 e. The van der Waals surface area contributed by atoms with Gasteiger partial charge in [0.05, 0.1) is 12.7 Å². The highest BCUT2D eigenvalue weighted by Crippen LogP contribution is 2.23. The summed E-state index contributed by atoms with van der Waals surface area (Å²) in [7, 11) is 1.57. The van der Waals surface area contributed by atoms with Gasteiger partial charge in [-0.2, -0.15) is 0 Å². The van der Waals surface area contributed by atoms with Crippen molar-refractivity contribution in [2.45, 2.75) is 12.8 Å². The molecule has 1 heterocycles. The summed E-state index contributed by atoms with van der Waals surface area (Å²) in [4.78, 5) is 14.2. The Morgan fingerprint density at radius 1 is 1.39 bits per heavy atom. The van der Waals surface area contributed by atoms with Crippen molar-refractivity contribution in [1.82, 2.24) is 4.90 Å². The largest absolute Gasteiger partial charge is 0.496 e. The Morgan fingerprint density at radius 2 is 2.06 bits per heavy atom. The minimum Gasteiger partial charge on any atom is -0.496 e. The van der Waals surface area contributed by atoms with E-state index in [2.05, 4.69) is 0 Å². The molecule has 1 aliphatic heterocycles. The highest BCUT2D eigenvalue weighted by atomic mass is 16.5. The van der Waals surface area contributed by atoms with Gasteiger partial charge < -0.3 is 14.7 Å². The number of hydrogen-bond donors (Lipinski definition) is 1. The average Bonchev–Trinajstić information content (AvgIpc) is 2.46. The smallest absolute Gasteiger partial charge is 0.257 e. The van der Waals surface area contributed by atoms with Gasteiger partial charge in [0.1, 0.15) is 5.75 Å². The van der Waals surface area contributed by atoms with Gasteiger partial charge in [-0.1, -0.05) is 12.1 Å². The molecule has 0 saturated carbocycles. The highest BCUT2D eigenvalue weighted by Gasteiger charge is 2.24. The predicted molar refractivity (Wildman–Crippen MR) is 68.7 cm³/mol. The average molecular weight is 249 g/mol. The molecule has 1 amide bonds. The summed E-state index contributed by atoms with van der Waals surface area (Å²) < 4.78 is 5.21. The van der Waals surface area contributed by atoms with Gasteiger partial charge in [-0.3, -0.25) is 4.79 Å². The minimum absolute atomic E-state index is 0.0174. The lowest BCUT2D eigenvalue weighted by Crippen LogP contribution is -2.39. The van der Waals surface area contributed by atoms with Crippen molar-refractivity contribution in [3.05, 3.63) is 29.8 Å². The normalized spacial score (nSPS) is 16.7. The zero-order valence-corrected chi connectivity index (χ0v) is 10.6. The third kappa shape index (κ3) is 2.64. The van der Waals surface area contributed by atoms with Crippen molar-refractivity contribution < 1.29 is 14.6 Å². The van der Waals surface area contributed by atoms with Gasteiger partial charge in [0, 0.05) is 19.7 Å². The molecule has 0 bridgehead atoms. The Morgan fingerprint density at radius 3 is 2.67 bits per heavy atom. The number of amides is 1. The Balaban J connectivity index is 2.08. The molecular weight excluding hydrogens is 230 g/mol. The first-order valence-electron chi connectivity index (χ1n) is 6.29. The van der Waals surface area contributed by atoms with Crippen LogP contribution in [0.5, 0.6) is 5.75 Å². The number of carbonyl (C=O) groups is 1. The van der Waals surface area contributed by atoms with E-state index in [1.54, 1.807) is 19.2 Å². The number of methoxy groups -OCH3 is 1. The fourth-order valence-corrected chi connectivity index (χ4v) is 2.31. The van der Waals surface area contributed by atoms with Gasteiger partial charge in [-0.15, -0.1) is 0 Å². The number of carbonyl (C=O) groups excluding carboxylic acids is 1. The Bertz CT molecular complexity index is 411. The van der Waals surface area contributed by atoms with Gasteiger partial charge >= 0.3 is 0 Å². The second kappa shape index (κ2) is 5.87. The summed E-state index contributed by atoms with van der Waals surface area (Å²) in [5.41, 5.74) is 0.613. The molecule has 0 atom stereocenters. The quantitative estimate of drug-likeness (QED) is 0.884. The number of hydrogen-bond acceptors (Lipinski definition) is 3. The van der Waals surface area contributed by atoms with Crippen LogP contribution >= 0.6 is 0 Å². The van der Waals surface area contributed by atoms with Crippen LogP contribution in [0.3, 0.4) is 0 Å². The number of piperidine rings is 1. The predicted octanol–water partition coefficient (Wildman–Crippen LogP) is 1.54. The van der Waals surface area contributed by atoms with E-state index in [-0.39, 0.29) is 12.5 Å². The van der Waals surface area contributed by atoms with E-state index in [1.807, 2.05) is 17.0 Å². The minimum atomic E-state index is 0.0174. The first kappa shape index (κ1) is 12.9. The van der Waals surface area contributed by atoms with E-state index in [0.29, 0.717) is 30.3 Å². The fraction of sp³-hybridized carbons (Fsp3) is 0.500. The number of aliphatic hydroxyl groups is 1. The van der Waals surface area contributed by atoms with Crippen LogP contribution < -0.4 is 4.74 Å². The fourth-order valence-electron chi connectivity index (χ4n) is 2.31. The van der Waals surface area contributed by atoms with Gasteiger partial charge in [0.15, 0.2) is 0 Å². The maximum atomic E-state index is 12.4. The molecule has 0 aliphatic carbocycles. The van der Waals surface area contributed by atoms with Crippen LogP contribution in [-0.4, -0.2) is 42.7 Å². The molecule has 0 spiro atoms. The van der Waals surface area contributed by atoms with Crippen molar-refractivity contribution in [3.8, 4) is 5.75 Å². The zero-order valence-electron chi connectivity index (χ0n) is 10.6. The van der Waals surface area contributed by atoms with Crippen LogP contribution in [0, 0.1) is 5.92 Å². The van der Waals surface area contributed by atoms with Gasteiger partial charge in [0.2, 0.25) is 0 Å². The number of ether oxygens (including phenoxy) is 1. The van der Waals surface area contributed by atoms with Crippen molar-refractivity contribution in [2.24, 2.45) is 5.92 Å². The number of benzene rings is 1. The molecule has 4 heteroatoms. The maximum absolute atomic E-state index is 12.4. The molecule has 4 nitrogen and oxygen atoms in total. The number of rotatable bonds is 3. The number of para-hydroxylation sites is 1. The molecule has 1 aromatic carbocycles. The third-order valence-electron chi connectivity index (χ3n) is 3.50. The van der Waals surface area contributed by atoms with Crippen molar-refractivity contribution in [3.63, 3.8) is 0 Å². The molecule has 0 aromatic heterocycles. The zero-order chi connectivity index (χ0) is 13.0. The molecule has 98 valence electrons. The lowest BCUT2D eigenvalue weighted by atomic mass is 9.97. The third-order valence-corrected chi connectivity index (χ3v) is 3.50. The van der Waals surface area contributed by atoms with E-state index in [4.69, 9.17) is 9.84 Å². The lowest BCUT2D eigenvalue weighted by molar-refractivity contribution is 0.0647. The summed E-state index contributed by atoms with van der Waals surface area (Å²) in [5, 5.41) is 9.09. The molecule has 0 unspecified atom stereocenters. The van der Waals surface area contributed by atoms with E-state index >= 15 is 0 Å². The van der Waals surface area contributed by atoms with Crippen LogP contribution in [0.15, 0.2) is 24.3 Å². The number of aliphatic hydroxyl groups excluding tert-OH is 1.